The van der Waals surface area contributed by atoms with Crippen molar-refractivity contribution in [3.05, 3.63) is 71.8 Å². The molecule has 0 bridgehead atoms. The van der Waals surface area contributed by atoms with Gasteiger partial charge in [-0.3, -0.25) is 4.79 Å². The fourth-order valence-electron chi connectivity index (χ4n) is 3.65. The number of piperazine rings is 1. The van der Waals surface area contributed by atoms with Gasteiger partial charge in [0.2, 0.25) is 5.91 Å². The minimum Gasteiger partial charge on any atom is -0.368 e. The van der Waals surface area contributed by atoms with E-state index < -0.39 is 0 Å². The van der Waals surface area contributed by atoms with E-state index >= 15 is 0 Å². The van der Waals surface area contributed by atoms with E-state index in [9.17, 15) is 4.79 Å². The molecule has 1 N–H and O–H groups in total. The van der Waals surface area contributed by atoms with E-state index in [1.165, 1.54) is 28.6 Å². The highest BCUT2D eigenvalue weighted by atomic mass is 32.2. The summed E-state index contributed by atoms with van der Waals surface area (Å²) < 4.78 is 0. The number of benzene rings is 2. The normalized spacial score (nSPS) is 13.9. The van der Waals surface area contributed by atoms with Crippen LogP contribution in [0.1, 0.15) is 11.1 Å². The van der Waals surface area contributed by atoms with Crippen LogP contribution in [0.15, 0.2) is 65.7 Å². The van der Waals surface area contributed by atoms with Gasteiger partial charge in [0.15, 0.2) is 5.82 Å². The molecule has 1 aliphatic heterocycles. The van der Waals surface area contributed by atoms with E-state index in [2.05, 4.69) is 57.4 Å². The molecule has 0 unspecified atom stereocenters. The first-order valence-electron chi connectivity index (χ1n) is 10.5. The third-order valence-corrected chi connectivity index (χ3v) is 6.26. The number of para-hydroxylation sites is 1. The Morgan fingerprint density at radius 2 is 1.68 bits per heavy atom. The van der Waals surface area contributed by atoms with Gasteiger partial charge < -0.3 is 15.1 Å². The largest absolute Gasteiger partial charge is 0.368 e. The Hall–Kier alpha value is -3.06. The second-order valence-electron chi connectivity index (χ2n) is 7.70. The number of aryl methyl sites for hydroxylation is 2. The molecule has 2 aromatic carbocycles. The Labute approximate surface area is 187 Å². The SMILES string of the molecule is Cc1ccc(C)c(N2CCN(c3ccc(SCC(=O)Nc4ccccc4)nn3)CC2)c1. The molecule has 1 aliphatic rings. The molecule has 1 fully saturated rings. The first-order chi connectivity index (χ1) is 15.1. The van der Waals surface area contributed by atoms with Gasteiger partial charge in [-0.25, -0.2) is 0 Å². The number of carbonyl (C=O) groups is 1. The highest BCUT2D eigenvalue weighted by Crippen LogP contribution is 2.24. The lowest BCUT2D eigenvalue weighted by Crippen LogP contribution is -2.47. The van der Waals surface area contributed by atoms with Crippen LogP contribution in [0.25, 0.3) is 0 Å². The minimum absolute atomic E-state index is 0.0513. The summed E-state index contributed by atoms with van der Waals surface area (Å²) in [4.78, 5) is 16.8. The third-order valence-electron chi connectivity index (χ3n) is 5.34. The quantitative estimate of drug-likeness (QED) is 0.589. The van der Waals surface area contributed by atoms with Gasteiger partial charge in [-0.05, 0) is 55.3 Å². The highest BCUT2D eigenvalue weighted by Gasteiger charge is 2.20. The number of hydrogen-bond acceptors (Lipinski definition) is 6. The molecule has 1 amide bonds. The molecule has 0 spiro atoms. The number of carbonyl (C=O) groups excluding carboxylic acids is 1. The second-order valence-corrected chi connectivity index (χ2v) is 8.69. The van der Waals surface area contributed by atoms with Crippen LogP contribution in [0.5, 0.6) is 0 Å². The van der Waals surface area contributed by atoms with Crippen LogP contribution < -0.4 is 15.1 Å². The molecule has 1 saturated heterocycles. The molecular formula is C24H27N5OS. The van der Waals surface area contributed by atoms with Crippen molar-refractivity contribution in [3.63, 3.8) is 0 Å². The fraction of sp³-hybridized carbons (Fsp3) is 0.292. The van der Waals surface area contributed by atoms with Gasteiger partial charge in [0.1, 0.15) is 5.03 Å². The molecule has 0 atom stereocenters. The van der Waals surface area contributed by atoms with Gasteiger partial charge >= 0.3 is 0 Å². The van der Waals surface area contributed by atoms with Crippen molar-refractivity contribution in [2.24, 2.45) is 0 Å². The van der Waals surface area contributed by atoms with E-state index in [4.69, 9.17) is 0 Å². The van der Waals surface area contributed by atoms with Gasteiger partial charge in [0.05, 0.1) is 5.75 Å². The highest BCUT2D eigenvalue weighted by molar-refractivity contribution is 7.99. The number of nitrogens with zero attached hydrogens (tertiary/aromatic N) is 4. The van der Waals surface area contributed by atoms with Crippen LogP contribution in [0.4, 0.5) is 17.2 Å². The number of rotatable bonds is 6. The Balaban J connectivity index is 1.28. The van der Waals surface area contributed by atoms with E-state index in [-0.39, 0.29) is 5.91 Å². The molecule has 7 heteroatoms. The number of aromatic nitrogens is 2. The van der Waals surface area contributed by atoms with Crippen molar-refractivity contribution in [1.82, 2.24) is 10.2 Å². The minimum atomic E-state index is -0.0513. The molecule has 160 valence electrons. The smallest absolute Gasteiger partial charge is 0.234 e. The van der Waals surface area contributed by atoms with Crippen molar-refractivity contribution in [2.75, 3.05) is 47.0 Å². The molecular weight excluding hydrogens is 406 g/mol. The first-order valence-corrected chi connectivity index (χ1v) is 11.5. The molecule has 0 radical (unpaired) electrons. The van der Waals surface area contributed by atoms with E-state index in [1.807, 2.05) is 42.5 Å². The summed E-state index contributed by atoms with van der Waals surface area (Å²) >= 11 is 1.39. The molecule has 4 rings (SSSR count). The Morgan fingerprint density at radius 1 is 0.935 bits per heavy atom. The summed E-state index contributed by atoms with van der Waals surface area (Å²) in [7, 11) is 0. The van der Waals surface area contributed by atoms with Crippen molar-refractivity contribution < 1.29 is 4.79 Å². The molecule has 6 nitrogen and oxygen atoms in total. The Bertz CT molecular complexity index is 1020. The van der Waals surface area contributed by atoms with Gasteiger partial charge in [-0.15, -0.1) is 10.2 Å². The van der Waals surface area contributed by atoms with E-state index in [0.29, 0.717) is 5.75 Å². The number of nitrogens with one attached hydrogen (secondary N) is 1. The van der Waals surface area contributed by atoms with E-state index in [1.54, 1.807) is 0 Å². The predicted octanol–water partition coefficient (Wildman–Crippen LogP) is 4.15. The van der Waals surface area contributed by atoms with Crippen molar-refractivity contribution in [3.8, 4) is 0 Å². The zero-order valence-electron chi connectivity index (χ0n) is 17.9. The molecule has 3 aromatic rings. The fourth-order valence-corrected chi connectivity index (χ4v) is 4.27. The van der Waals surface area contributed by atoms with Crippen molar-refractivity contribution in [2.45, 2.75) is 18.9 Å². The average molecular weight is 434 g/mol. The maximum atomic E-state index is 12.1. The van der Waals surface area contributed by atoms with Crippen LogP contribution in [-0.2, 0) is 4.79 Å². The number of anilines is 3. The number of amides is 1. The van der Waals surface area contributed by atoms with Crippen LogP contribution in [0, 0.1) is 13.8 Å². The average Bonchev–Trinajstić information content (AvgIpc) is 2.80. The van der Waals surface area contributed by atoms with Gasteiger partial charge in [-0.1, -0.05) is 42.1 Å². The van der Waals surface area contributed by atoms with Gasteiger partial charge in [0, 0.05) is 37.6 Å². The number of thioether (sulfide) groups is 1. The Morgan fingerprint density at radius 3 is 2.39 bits per heavy atom. The summed E-state index contributed by atoms with van der Waals surface area (Å²) in [5.74, 6) is 1.14. The second kappa shape index (κ2) is 9.83. The topological polar surface area (TPSA) is 61.4 Å². The zero-order valence-corrected chi connectivity index (χ0v) is 18.7. The summed E-state index contributed by atoms with van der Waals surface area (Å²) in [5, 5.41) is 12.3. The lowest BCUT2D eigenvalue weighted by molar-refractivity contribution is -0.113. The summed E-state index contributed by atoms with van der Waals surface area (Å²) in [6.45, 7) is 8.05. The van der Waals surface area contributed by atoms with Crippen LogP contribution in [-0.4, -0.2) is 48.0 Å². The molecule has 0 aliphatic carbocycles. The first kappa shape index (κ1) is 21.2. The van der Waals surface area contributed by atoms with E-state index in [0.717, 1.165) is 42.7 Å². The number of hydrogen-bond donors (Lipinski definition) is 1. The lowest BCUT2D eigenvalue weighted by Gasteiger charge is -2.37. The predicted molar refractivity (Wildman–Crippen MR) is 128 cm³/mol. The maximum Gasteiger partial charge on any atom is 0.234 e. The Kier molecular flexibility index (Phi) is 6.72. The lowest BCUT2D eigenvalue weighted by atomic mass is 10.1. The standard InChI is InChI=1S/C24H27N5OS/c1-18-8-9-19(2)21(16-18)28-12-14-29(15-13-28)22-10-11-24(27-26-22)31-17-23(30)25-20-6-4-3-5-7-20/h3-11,16H,12-15,17H2,1-2H3,(H,25,30). The maximum absolute atomic E-state index is 12.1. The molecule has 2 heterocycles. The summed E-state index contributed by atoms with van der Waals surface area (Å²) in [6.07, 6.45) is 0. The molecule has 1 aromatic heterocycles. The molecule has 0 saturated carbocycles. The van der Waals surface area contributed by atoms with Gasteiger partial charge in [0.25, 0.3) is 0 Å². The van der Waals surface area contributed by atoms with Gasteiger partial charge in [-0.2, -0.15) is 0 Å². The van der Waals surface area contributed by atoms with Crippen molar-refractivity contribution in [1.29, 1.82) is 0 Å². The molecule has 31 heavy (non-hydrogen) atoms. The summed E-state index contributed by atoms with van der Waals surface area (Å²) in [6, 6.07) is 20.0. The zero-order chi connectivity index (χ0) is 21.6. The van der Waals surface area contributed by atoms with Crippen LogP contribution in [0.3, 0.4) is 0 Å². The summed E-state index contributed by atoms with van der Waals surface area (Å²) in [5.41, 5.74) is 4.73. The van der Waals surface area contributed by atoms with Crippen LogP contribution >= 0.6 is 11.8 Å². The third kappa shape index (κ3) is 5.55. The van der Waals surface area contributed by atoms with Crippen LogP contribution in [0.2, 0.25) is 0 Å². The van der Waals surface area contributed by atoms with Crippen molar-refractivity contribution >= 4 is 34.9 Å². The monoisotopic (exact) mass is 433 g/mol.